The minimum absolute atomic E-state index is 0.0345. The highest BCUT2D eigenvalue weighted by molar-refractivity contribution is 5.81. The van der Waals surface area contributed by atoms with Crippen LogP contribution in [0.2, 0.25) is 0 Å². The van der Waals surface area contributed by atoms with Crippen molar-refractivity contribution in [3.05, 3.63) is 0 Å². The van der Waals surface area contributed by atoms with Crippen LogP contribution in [0.1, 0.15) is 39.0 Å². The molecule has 0 aliphatic carbocycles. The van der Waals surface area contributed by atoms with Crippen molar-refractivity contribution in [2.45, 2.75) is 51.2 Å². The fraction of sp³-hybridized carbons (Fsp3) is 0.900. The normalized spacial score (nSPS) is 13.6. The van der Waals surface area contributed by atoms with Crippen LogP contribution in [-0.2, 0) is 4.79 Å². The Bertz CT molecular complexity index is 207. The summed E-state index contributed by atoms with van der Waals surface area (Å²) in [4.78, 5) is 11.2. The predicted molar refractivity (Wildman–Crippen MR) is 55.8 cm³/mol. The molecule has 0 unspecified atom stereocenters. The summed E-state index contributed by atoms with van der Waals surface area (Å²) < 4.78 is 35.3. The Morgan fingerprint density at radius 2 is 2.00 bits per heavy atom. The second-order valence-electron chi connectivity index (χ2n) is 3.76. The molecule has 0 aromatic heterocycles. The first kappa shape index (κ1) is 15.2. The number of carbonyl (C=O) groups excluding carboxylic acids is 1. The van der Waals surface area contributed by atoms with Gasteiger partial charge in [0.1, 0.15) is 0 Å². The van der Waals surface area contributed by atoms with Gasteiger partial charge in [0, 0.05) is 13.0 Å². The van der Waals surface area contributed by atoms with Gasteiger partial charge in [0.25, 0.3) is 0 Å². The van der Waals surface area contributed by atoms with Crippen molar-refractivity contribution >= 4 is 5.91 Å². The van der Waals surface area contributed by atoms with Crippen LogP contribution in [0.5, 0.6) is 0 Å². The second-order valence-corrected chi connectivity index (χ2v) is 3.76. The Balaban J connectivity index is 3.48. The number of unbranched alkanes of at least 4 members (excludes halogenated alkanes) is 1. The molecule has 0 spiro atoms. The molecule has 0 radical (unpaired) electrons. The average molecular weight is 240 g/mol. The largest absolute Gasteiger partial charge is 0.389 e. The van der Waals surface area contributed by atoms with E-state index >= 15 is 0 Å². The maximum absolute atomic E-state index is 11.8. The predicted octanol–water partition coefficient (Wildman–Crippen LogP) is 1.96. The molecule has 0 aliphatic heterocycles. The van der Waals surface area contributed by atoms with E-state index in [9.17, 15) is 18.0 Å². The second kappa shape index (κ2) is 7.49. The first-order valence-corrected chi connectivity index (χ1v) is 5.47. The Kier molecular flexibility index (Phi) is 7.12. The molecule has 6 heteroatoms. The number of nitrogens with two attached hydrogens (primary N) is 1. The smallest absolute Gasteiger partial charge is 0.355 e. The number of halogens is 3. The topological polar surface area (TPSA) is 55.1 Å². The number of rotatable bonds is 7. The fourth-order valence-corrected chi connectivity index (χ4v) is 1.24. The highest BCUT2D eigenvalue weighted by atomic mass is 19.4. The number of carbonyl (C=O) groups is 1. The maximum atomic E-state index is 11.8. The molecule has 3 N–H and O–H groups in total. The number of alkyl halides is 3. The lowest BCUT2D eigenvalue weighted by Gasteiger charge is -2.11. The molecule has 0 aliphatic rings. The van der Waals surface area contributed by atoms with E-state index in [2.05, 4.69) is 5.32 Å². The zero-order valence-electron chi connectivity index (χ0n) is 9.44. The van der Waals surface area contributed by atoms with Crippen molar-refractivity contribution < 1.29 is 18.0 Å². The highest BCUT2D eigenvalue weighted by Crippen LogP contribution is 2.21. The third kappa shape index (κ3) is 8.52. The minimum atomic E-state index is -4.11. The van der Waals surface area contributed by atoms with E-state index in [0.717, 1.165) is 6.42 Å². The van der Waals surface area contributed by atoms with Gasteiger partial charge in [0.15, 0.2) is 0 Å². The van der Waals surface area contributed by atoms with E-state index < -0.39 is 18.6 Å². The van der Waals surface area contributed by atoms with E-state index in [1.54, 1.807) is 0 Å². The molecule has 0 saturated heterocycles. The molecular weight excluding hydrogens is 221 g/mol. The summed E-state index contributed by atoms with van der Waals surface area (Å²) in [5, 5.41) is 2.52. The summed E-state index contributed by atoms with van der Waals surface area (Å²) in [5.74, 6) is -0.283. The number of nitrogens with one attached hydrogen (secondary N) is 1. The average Bonchev–Trinajstić information content (AvgIpc) is 2.15. The van der Waals surface area contributed by atoms with Crippen LogP contribution in [-0.4, -0.2) is 24.7 Å². The van der Waals surface area contributed by atoms with Gasteiger partial charge in [-0.05, 0) is 19.3 Å². The molecule has 16 heavy (non-hydrogen) atoms. The number of hydrogen-bond acceptors (Lipinski definition) is 2. The molecule has 0 aromatic rings. The van der Waals surface area contributed by atoms with Crippen LogP contribution in [0.3, 0.4) is 0 Å². The van der Waals surface area contributed by atoms with Crippen LogP contribution in [0, 0.1) is 0 Å². The lowest BCUT2D eigenvalue weighted by atomic mass is 10.1. The molecule has 96 valence electrons. The van der Waals surface area contributed by atoms with Gasteiger partial charge in [-0.1, -0.05) is 13.3 Å². The maximum Gasteiger partial charge on any atom is 0.389 e. The molecule has 1 atom stereocenters. The van der Waals surface area contributed by atoms with Crippen molar-refractivity contribution in [1.82, 2.24) is 5.32 Å². The first-order valence-electron chi connectivity index (χ1n) is 5.47. The number of hydrogen-bond donors (Lipinski definition) is 2. The van der Waals surface area contributed by atoms with Crippen LogP contribution < -0.4 is 11.1 Å². The summed E-state index contributed by atoms with van der Waals surface area (Å²) in [6.07, 6.45) is -3.15. The highest BCUT2D eigenvalue weighted by Gasteiger charge is 2.25. The lowest BCUT2D eigenvalue weighted by molar-refractivity contribution is -0.135. The Labute approximate surface area is 93.6 Å². The lowest BCUT2D eigenvalue weighted by Crippen LogP contribution is -2.40. The molecular formula is C10H19F3N2O. The van der Waals surface area contributed by atoms with Gasteiger partial charge in [0.05, 0.1) is 6.04 Å². The van der Waals surface area contributed by atoms with Crippen LogP contribution in [0.4, 0.5) is 13.2 Å². The third-order valence-corrected chi connectivity index (χ3v) is 2.12. The molecule has 3 nitrogen and oxygen atoms in total. The van der Waals surface area contributed by atoms with Gasteiger partial charge < -0.3 is 11.1 Å². The Morgan fingerprint density at radius 3 is 2.50 bits per heavy atom. The SMILES string of the molecule is CCC[C@H](N)C(=O)NCCCCC(F)(F)F. The van der Waals surface area contributed by atoms with Gasteiger partial charge in [-0.2, -0.15) is 13.2 Å². The van der Waals surface area contributed by atoms with Crippen molar-refractivity contribution in [3.63, 3.8) is 0 Å². The van der Waals surface area contributed by atoms with Gasteiger partial charge in [-0.3, -0.25) is 4.79 Å². The van der Waals surface area contributed by atoms with Gasteiger partial charge in [0.2, 0.25) is 5.91 Å². The summed E-state index contributed by atoms with van der Waals surface area (Å²) in [6.45, 7) is 2.17. The van der Waals surface area contributed by atoms with Crippen LogP contribution in [0.25, 0.3) is 0 Å². The molecule has 0 aromatic carbocycles. The summed E-state index contributed by atoms with van der Waals surface area (Å²) in [6, 6.07) is -0.549. The molecule has 0 heterocycles. The Hall–Kier alpha value is -0.780. The van der Waals surface area contributed by atoms with Crippen molar-refractivity contribution in [3.8, 4) is 0 Å². The summed E-state index contributed by atoms with van der Waals surface area (Å²) in [5.41, 5.74) is 5.52. The first-order chi connectivity index (χ1) is 7.37. The molecule has 0 rings (SSSR count). The monoisotopic (exact) mass is 240 g/mol. The fourth-order valence-electron chi connectivity index (χ4n) is 1.24. The molecule has 0 fully saturated rings. The molecule has 0 bridgehead atoms. The van der Waals surface area contributed by atoms with Crippen molar-refractivity contribution in [1.29, 1.82) is 0 Å². The zero-order valence-corrected chi connectivity index (χ0v) is 9.44. The van der Waals surface area contributed by atoms with E-state index in [0.29, 0.717) is 12.8 Å². The van der Waals surface area contributed by atoms with Crippen molar-refractivity contribution in [2.24, 2.45) is 5.73 Å². The molecule has 0 saturated carbocycles. The van der Waals surface area contributed by atoms with E-state index in [1.807, 2.05) is 6.92 Å². The summed E-state index contributed by atoms with van der Waals surface area (Å²) >= 11 is 0. The third-order valence-electron chi connectivity index (χ3n) is 2.12. The Morgan fingerprint density at radius 1 is 1.38 bits per heavy atom. The molecule has 1 amide bonds. The van der Waals surface area contributed by atoms with E-state index in [1.165, 1.54) is 0 Å². The standard InChI is InChI=1S/C10H19F3N2O/c1-2-5-8(14)9(16)15-7-4-3-6-10(11,12)13/h8H,2-7,14H2,1H3,(H,15,16)/t8-/m0/s1. The van der Waals surface area contributed by atoms with E-state index in [4.69, 9.17) is 5.73 Å². The van der Waals surface area contributed by atoms with Gasteiger partial charge in [-0.15, -0.1) is 0 Å². The van der Waals surface area contributed by atoms with Crippen molar-refractivity contribution in [2.75, 3.05) is 6.54 Å². The van der Waals surface area contributed by atoms with Gasteiger partial charge in [-0.25, -0.2) is 0 Å². The van der Waals surface area contributed by atoms with Crippen LogP contribution >= 0.6 is 0 Å². The summed E-state index contributed by atoms with van der Waals surface area (Å²) in [7, 11) is 0. The number of amides is 1. The minimum Gasteiger partial charge on any atom is -0.355 e. The van der Waals surface area contributed by atoms with Crippen LogP contribution in [0.15, 0.2) is 0 Å². The van der Waals surface area contributed by atoms with E-state index in [-0.39, 0.29) is 18.9 Å². The quantitative estimate of drug-likeness (QED) is 0.668. The zero-order chi connectivity index (χ0) is 12.6. The van der Waals surface area contributed by atoms with Gasteiger partial charge >= 0.3 is 6.18 Å².